The number of carbonyl (C=O) groups excluding carboxylic acids is 2. The number of rotatable bonds is 6. The fourth-order valence-corrected chi connectivity index (χ4v) is 3.36. The lowest BCUT2D eigenvalue weighted by molar-refractivity contribution is -0.116. The molecule has 2 aromatic rings. The normalized spacial score (nSPS) is 14.8. The molecule has 1 amide bonds. The molecule has 0 radical (unpaired) electrons. The summed E-state index contributed by atoms with van der Waals surface area (Å²) in [5, 5.41) is 2.89. The van der Waals surface area contributed by atoms with Gasteiger partial charge in [-0.1, -0.05) is 36.8 Å². The lowest BCUT2D eigenvalue weighted by Crippen LogP contribution is -2.32. The smallest absolute Gasteiger partial charge is 0.224 e. The molecule has 2 aromatic carbocycles. The van der Waals surface area contributed by atoms with E-state index >= 15 is 0 Å². The van der Waals surface area contributed by atoms with Crippen LogP contribution in [0.2, 0.25) is 0 Å². The van der Waals surface area contributed by atoms with Crippen molar-refractivity contribution in [1.29, 1.82) is 0 Å². The van der Waals surface area contributed by atoms with Gasteiger partial charge in [-0.25, -0.2) is 0 Å². The second-order valence-electron chi connectivity index (χ2n) is 7.55. The zero-order valence-corrected chi connectivity index (χ0v) is 16.2. The van der Waals surface area contributed by atoms with Crippen molar-refractivity contribution >= 4 is 23.1 Å². The van der Waals surface area contributed by atoms with E-state index in [4.69, 9.17) is 0 Å². The number of ketones is 1. The molecule has 0 aromatic heterocycles. The topological polar surface area (TPSA) is 49.4 Å². The number of carbonyl (C=O) groups is 2. The van der Waals surface area contributed by atoms with E-state index in [0.29, 0.717) is 5.56 Å². The Morgan fingerprint density at radius 3 is 2.22 bits per heavy atom. The van der Waals surface area contributed by atoms with E-state index in [1.54, 1.807) is 0 Å². The molecular formula is C23H28N2O2. The predicted octanol–water partition coefficient (Wildman–Crippen LogP) is 4.83. The van der Waals surface area contributed by atoms with Gasteiger partial charge in [0.05, 0.1) is 0 Å². The van der Waals surface area contributed by atoms with Crippen molar-refractivity contribution in [1.82, 2.24) is 0 Å². The van der Waals surface area contributed by atoms with Crippen LogP contribution in [0.3, 0.4) is 0 Å². The van der Waals surface area contributed by atoms with E-state index in [1.807, 2.05) is 43.3 Å². The molecule has 0 atom stereocenters. The minimum atomic E-state index is -0.130. The Morgan fingerprint density at radius 2 is 1.59 bits per heavy atom. The van der Waals surface area contributed by atoms with Gasteiger partial charge in [-0.3, -0.25) is 9.59 Å². The predicted molar refractivity (Wildman–Crippen MR) is 110 cm³/mol. The van der Waals surface area contributed by atoms with E-state index in [1.165, 1.54) is 18.5 Å². The summed E-state index contributed by atoms with van der Waals surface area (Å²) in [5.41, 5.74) is 3.76. The Morgan fingerprint density at radius 1 is 0.963 bits per heavy atom. The van der Waals surface area contributed by atoms with Crippen molar-refractivity contribution in [3.8, 4) is 0 Å². The van der Waals surface area contributed by atoms with Crippen molar-refractivity contribution in [2.24, 2.45) is 5.92 Å². The number of nitrogens with zero attached hydrogens (tertiary/aromatic N) is 1. The van der Waals surface area contributed by atoms with Crippen molar-refractivity contribution in [3.63, 3.8) is 0 Å². The first-order valence-electron chi connectivity index (χ1n) is 9.76. The fourth-order valence-electron chi connectivity index (χ4n) is 3.36. The average molecular weight is 364 g/mol. The highest BCUT2D eigenvalue weighted by atomic mass is 16.2. The van der Waals surface area contributed by atoms with E-state index in [0.717, 1.165) is 30.3 Å². The van der Waals surface area contributed by atoms with Gasteiger partial charge >= 0.3 is 0 Å². The van der Waals surface area contributed by atoms with Crippen LogP contribution in [0, 0.1) is 12.8 Å². The summed E-state index contributed by atoms with van der Waals surface area (Å²) in [7, 11) is 0. The van der Waals surface area contributed by atoms with Crippen LogP contribution in [0.25, 0.3) is 0 Å². The van der Waals surface area contributed by atoms with Crippen LogP contribution in [-0.2, 0) is 4.79 Å². The van der Waals surface area contributed by atoms with Gasteiger partial charge in [0.15, 0.2) is 5.78 Å². The van der Waals surface area contributed by atoms with Gasteiger partial charge in [-0.2, -0.15) is 0 Å². The van der Waals surface area contributed by atoms with Gasteiger partial charge in [0.2, 0.25) is 5.91 Å². The monoisotopic (exact) mass is 364 g/mol. The summed E-state index contributed by atoms with van der Waals surface area (Å²) in [6.45, 7) is 6.47. The summed E-state index contributed by atoms with van der Waals surface area (Å²) in [6.07, 6.45) is 2.87. The van der Waals surface area contributed by atoms with Crippen LogP contribution in [0.1, 0.15) is 48.5 Å². The summed E-state index contributed by atoms with van der Waals surface area (Å²) in [4.78, 5) is 26.7. The van der Waals surface area contributed by atoms with Crippen molar-refractivity contribution in [2.75, 3.05) is 23.3 Å². The molecule has 0 spiro atoms. The molecule has 27 heavy (non-hydrogen) atoms. The van der Waals surface area contributed by atoms with Crippen LogP contribution in [0.5, 0.6) is 0 Å². The minimum absolute atomic E-state index is 0.000162. The van der Waals surface area contributed by atoms with Gasteiger partial charge < -0.3 is 10.2 Å². The Balaban J connectivity index is 1.47. The number of piperidine rings is 1. The van der Waals surface area contributed by atoms with Gasteiger partial charge in [0, 0.05) is 42.9 Å². The maximum atomic E-state index is 12.2. The third kappa shape index (κ3) is 5.43. The van der Waals surface area contributed by atoms with Crippen LogP contribution in [-0.4, -0.2) is 24.8 Å². The molecule has 142 valence electrons. The number of hydrogen-bond acceptors (Lipinski definition) is 3. The van der Waals surface area contributed by atoms with E-state index in [9.17, 15) is 9.59 Å². The van der Waals surface area contributed by atoms with E-state index < -0.39 is 0 Å². The molecule has 1 saturated heterocycles. The molecule has 0 aliphatic carbocycles. The first kappa shape index (κ1) is 19.2. The molecule has 1 aliphatic heterocycles. The molecule has 4 nitrogen and oxygen atoms in total. The maximum absolute atomic E-state index is 12.2. The molecule has 1 fully saturated rings. The Labute approximate surface area is 161 Å². The quantitative estimate of drug-likeness (QED) is 0.747. The van der Waals surface area contributed by atoms with Gasteiger partial charge in [-0.15, -0.1) is 0 Å². The lowest BCUT2D eigenvalue weighted by Gasteiger charge is -2.32. The number of hydrogen-bond donors (Lipinski definition) is 1. The highest BCUT2D eigenvalue weighted by Crippen LogP contribution is 2.24. The van der Waals surface area contributed by atoms with Crippen LogP contribution < -0.4 is 10.2 Å². The van der Waals surface area contributed by atoms with E-state index in [-0.39, 0.29) is 24.5 Å². The van der Waals surface area contributed by atoms with Crippen LogP contribution in [0.4, 0.5) is 11.4 Å². The molecule has 1 heterocycles. The SMILES string of the molecule is Cc1ccc(C(=O)CCC(=O)Nc2ccc(N3CCC(C)CC3)cc2)cc1. The van der Waals surface area contributed by atoms with Crippen molar-refractivity contribution < 1.29 is 9.59 Å². The lowest BCUT2D eigenvalue weighted by atomic mass is 9.99. The van der Waals surface area contributed by atoms with E-state index in [2.05, 4.69) is 29.3 Å². The molecular weight excluding hydrogens is 336 g/mol. The van der Waals surface area contributed by atoms with Crippen LogP contribution in [0.15, 0.2) is 48.5 Å². The molecule has 0 unspecified atom stereocenters. The highest BCUT2D eigenvalue weighted by molar-refractivity contribution is 6.00. The zero-order valence-electron chi connectivity index (χ0n) is 16.2. The second-order valence-corrected chi connectivity index (χ2v) is 7.55. The minimum Gasteiger partial charge on any atom is -0.372 e. The van der Waals surface area contributed by atoms with Crippen molar-refractivity contribution in [3.05, 3.63) is 59.7 Å². The first-order valence-corrected chi connectivity index (χ1v) is 9.76. The van der Waals surface area contributed by atoms with Gasteiger partial charge in [0.25, 0.3) is 0 Å². The largest absolute Gasteiger partial charge is 0.372 e. The molecule has 3 rings (SSSR count). The van der Waals surface area contributed by atoms with Gasteiger partial charge in [-0.05, 0) is 49.9 Å². The standard InChI is InChI=1S/C23H28N2O2/c1-17-3-5-19(6-4-17)22(26)11-12-23(27)24-20-7-9-21(10-8-20)25-15-13-18(2)14-16-25/h3-10,18H,11-16H2,1-2H3,(H,24,27). The summed E-state index contributed by atoms with van der Waals surface area (Å²) >= 11 is 0. The number of nitrogens with one attached hydrogen (secondary N) is 1. The Hall–Kier alpha value is -2.62. The number of anilines is 2. The molecule has 1 aliphatic rings. The summed E-state index contributed by atoms with van der Waals surface area (Å²) in [5.74, 6) is 0.678. The molecule has 0 saturated carbocycles. The molecule has 0 bridgehead atoms. The summed E-state index contributed by atoms with van der Waals surface area (Å²) in [6, 6.07) is 15.5. The van der Waals surface area contributed by atoms with Gasteiger partial charge in [0.1, 0.15) is 0 Å². The average Bonchev–Trinajstić information content (AvgIpc) is 2.68. The number of aryl methyl sites for hydroxylation is 1. The first-order chi connectivity index (χ1) is 13.0. The number of benzene rings is 2. The fraction of sp³-hybridized carbons (Fsp3) is 0.391. The third-order valence-corrected chi connectivity index (χ3v) is 5.25. The summed E-state index contributed by atoms with van der Waals surface area (Å²) < 4.78 is 0. The third-order valence-electron chi connectivity index (χ3n) is 5.25. The number of amides is 1. The highest BCUT2D eigenvalue weighted by Gasteiger charge is 2.16. The second kappa shape index (κ2) is 8.85. The maximum Gasteiger partial charge on any atom is 0.224 e. The Kier molecular flexibility index (Phi) is 6.28. The number of Topliss-reactive ketones (excluding diaryl/α,β-unsaturated/α-hetero) is 1. The molecule has 4 heteroatoms. The zero-order chi connectivity index (χ0) is 19.2. The Bertz CT molecular complexity index is 773. The van der Waals surface area contributed by atoms with Crippen LogP contribution >= 0.6 is 0 Å². The van der Waals surface area contributed by atoms with Crippen molar-refractivity contribution in [2.45, 2.75) is 39.5 Å². The molecule has 1 N–H and O–H groups in total.